The van der Waals surface area contributed by atoms with Crippen molar-refractivity contribution in [1.29, 1.82) is 0 Å². The molecule has 1 aromatic heterocycles. The van der Waals surface area contributed by atoms with E-state index in [2.05, 4.69) is 4.72 Å². The molecule has 1 aromatic carbocycles. The first-order valence-corrected chi connectivity index (χ1v) is 10.5. The third-order valence-corrected chi connectivity index (χ3v) is 7.59. The molecule has 0 amide bonds. The van der Waals surface area contributed by atoms with Gasteiger partial charge in [-0.3, -0.25) is 13.9 Å². The molecule has 8 heteroatoms. The van der Waals surface area contributed by atoms with E-state index >= 15 is 0 Å². The minimum Gasteiger partial charge on any atom is -0.296 e. The number of hydrogen-bond acceptors (Lipinski definition) is 4. The van der Waals surface area contributed by atoms with Gasteiger partial charge in [-0.2, -0.15) is 0 Å². The molecular formula is C18H23N3O4S. The third-order valence-electron chi connectivity index (χ3n) is 6.17. The predicted octanol–water partition coefficient (Wildman–Crippen LogP) is 0.952. The SMILES string of the molecule is Cn1c(=O)c2cc(S(=O)(=O)NCC3CC4CCC3C4)ccc2n(C)c1=O. The number of rotatable bonds is 4. The third kappa shape index (κ3) is 2.72. The van der Waals surface area contributed by atoms with Crippen molar-refractivity contribution in [3.8, 4) is 0 Å². The van der Waals surface area contributed by atoms with Crippen molar-refractivity contribution in [1.82, 2.24) is 13.9 Å². The first-order valence-electron chi connectivity index (χ1n) is 8.97. The predicted molar refractivity (Wildman–Crippen MR) is 98.6 cm³/mol. The first-order chi connectivity index (χ1) is 12.3. The van der Waals surface area contributed by atoms with Gasteiger partial charge < -0.3 is 0 Å². The van der Waals surface area contributed by atoms with Crippen LogP contribution in [0.15, 0.2) is 32.7 Å². The second-order valence-electron chi connectivity index (χ2n) is 7.67. The van der Waals surface area contributed by atoms with Crippen LogP contribution in [0, 0.1) is 17.8 Å². The zero-order chi connectivity index (χ0) is 18.6. The van der Waals surface area contributed by atoms with E-state index in [9.17, 15) is 18.0 Å². The Bertz CT molecular complexity index is 1100. The molecule has 2 aliphatic rings. The fourth-order valence-electron chi connectivity index (χ4n) is 4.67. The molecule has 4 rings (SSSR count). The Hall–Kier alpha value is -1.93. The molecule has 2 aromatic rings. The number of nitrogens with one attached hydrogen (secondary N) is 1. The van der Waals surface area contributed by atoms with Crippen molar-refractivity contribution in [2.45, 2.75) is 30.6 Å². The van der Waals surface area contributed by atoms with Crippen LogP contribution >= 0.6 is 0 Å². The standard InChI is InChI=1S/C18H23N3O4S/c1-20-16-6-5-14(9-15(16)17(22)21(2)18(20)23)26(24,25)19-10-13-8-11-3-4-12(13)7-11/h5-6,9,11-13,19H,3-4,7-8,10H2,1-2H3. The number of aromatic nitrogens is 2. The Morgan fingerprint density at radius 1 is 1.12 bits per heavy atom. The lowest BCUT2D eigenvalue weighted by Crippen LogP contribution is -2.37. The Morgan fingerprint density at radius 2 is 1.88 bits per heavy atom. The topological polar surface area (TPSA) is 90.2 Å². The number of sulfonamides is 1. The van der Waals surface area contributed by atoms with Crippen LogP contribution in [0.5, 0.6) is 0 Å². The molecule has 2 saturated carbocycles. The van der Waals surface area contributed by atoms with Crippen LogP contribution in [-0.4, -0.2) is 24.1 Å². The van der Waals surface area contributed by atoms with E-state index in [1.165, 1.54) is 49.1 Å². The van der Waals surface area contributed by atoms with Crippen molar-refractivity contribution in [2.24, 2.45) is 31.8 Å². The average Bonchev–Trinajstić information content (AvgIpc) is 3.25. The van der Waals surface area contributed by atoms with Gasteiger partial charge in [0.2, 0.25) is 10.0 Å². The normalized spacial score (nSPS) is 25.2. The van der Waals surface area contributed by atoms with Gasteiger partial charge in [0.15, 0.2) is 0 Å². The maximum atomic E-state index is 12.7. The van der Waals surface area contributed by atoms with E-state index in [4.69, 9.17) is 0 Å². The molecule has 26 heavy (non-hydrogen) atoms. The largest absolute Gasteiger partial charge is 0.330 e. The van der Waals surface area contributed by atoms with E-state index in [1.807, 2.05) is 0 Å². The summed E-state index contributed by atoms with van der Waals surface area (Å²) in [6.45, 7) is 0.451. The minimum absolute atomic E-state index is 0.0592. The van der Waals surface area contributed by atoms with Gasteiger partial charge in [0.25, 0.3) is 5.56 Å². The van der Waals surface area contributed by atoms with E-state index in [0.29, 0.717) is 23.9 Å². The summed E-state index contributed by atoms with van der Waals surface area (Å²) in [5.74, 6) is 1.82. The van der Waals surface area contributed by atoms with Crippen LogP contribution < -0.4 is 16.0 Å². The molecule has 0 aliphatic heterocycles. The summed E-state index contributed by atoms with van der Waals surface area (Å²) in [5, 5.41) is 0.220. The molecular weight excluding hydrogens is 354 g/mol. The summed E-state index contributed by atoms with van der Waals surface area (Å²) in [7, 11) is -0.745. The Labute approximate surface area is 151 Å². The van der Waals surface area contributed by atoms with Crippen LogP contribution in [0.2, 0.25) is 0 Å². The summed E-state index contributed by atoms with van der Waals surface area (Å²) in [5.41, 5.74) is -0.508. The highest BCUT2D eigenvalue weighted by molar-refractivity contribution is 7.89. The van der Waals surface area contributed by atoms with Crippen molar-refractivity contribution < 1.29 is 8.42 Å². The van der Waals surface area contributed by atoms with E-state index in [0.717, 1.165) is 16.9 Å². The Balaban J connectivity index is 1.65. The van der Waals surface area contributed by atoms with Gasteiger partial charge in [0, 0.05) is 20.6 Å². The van der Waals surface area contributed by atoms with Crippen molar-refractivity contribution in [2.75, 3.05) is 6.54 Å². The fraction of sp³-hybridized carbons (Fsp3) is 0.556. The van der Waals surface area contributed by atoms with Gasteiger partial charge in [-0.15, -0.1) is 0 Å². The maximum Gasteiger partial charge on any atom is 0.330 e. The highest BCUT2D eigenvalue weighted by atomic mass is 32.2. The van der Waals surface area contributed by atoms with Crippen molar-refractivity contribution in [3.05, 3.63) is 39.0 Å². The number of fused-ring (bicyclic) bond motifs is 3. The van der Waals surface area contributed by atoms with Crippen LogP contribution in [0.25, 0.3) is 10.9 Å². The van der Waals surface area contributed by atoms with Gasteiger partial charge in [-0.05, 0) is 55.2 Å². The molecule has 2 aliphatic carbocycles. The summed E-state index contributed by atoms with van der Waals surface area (Å²) in [4.78, 5) is 24.4. The zero-order valence-corrected chi connectivity index (χ0v) is 15.8. The molecule has 0 radical (unpaired) electrons. The summed E-state index contributed by atoms with van der Waals surface area (Å²) >= 11 is 0. The van der Waals surface area contributed by atoms with E-state index < -0.39 is 21.3 Å². The van der Waals surface area contributed by atoms with Gasteiger partial charge in [-0.25, -0.2) is 17.9 Å². The van der Waals surface area contributed by atoms with Gasteiger partial charge >= 0.3 is 5.69 Å². The molecule has 2 fully saturated rings. The number of aryl methyl sites for hydroxylation is 1. The van der Waals surface area contributed by atoms with Crippen LogP contribution in [0.1, 0.15) is 25.7 Å². The zero-order valence-electron chi connectivity index (χ0n) is 14.9. The molecule has 2 bridgehead atoms. The van der Waals surface area contributed by atoms with E-state index in [1.54, 1.807) is 7.05 Å². The Morgan fingerprint density at radius 3 is 2.54 bits per heavy atom. The summed E-state index contributed by atoms with van der Waals surface area (Å²) in [6, 6.07) is 4.33. The van der Waals surface area contributed by atoms with Gasteiger partial charge in [0.05, 0.1) is 15.8 Å². The van der Waals surface area contributed by atoms with Gasteiger partial charge in [0.1, 0.15) is 0 Å². The maximum absolute atomic E-state index is 12.7. The van der Waals surface area contributed by atoms with Crippen molar-refractivity contribution >= 4 is 20.9 Å². The smallest absolute Gasteiger partial charge is 0.296 e. The highest BCUT2D eigenvalue weighted by Crippen LogP contribution is 2.48. The number of benzene rings is 1. The van der Waals surface area contributed by atoms with Crippen LogP contribution in [0.3, 0.4) is 0 Å². The summed E-state index contributed by atoms with van der Waals surface area (Å²) in [6.07, 6.45) is 4.82. The molecule has 3 atom stereocenters. The number of hydrogen-bond donors (Lipinski definition) is 1. The monoisotopic (exact) mass is 377 g/mol. The van der Waals surface area contributed by atoms with E-state index in [-0.39, 0.29) is 10.3 Å². The lowest BCUT2D eigenvalue weighted by molar-refractivity contribution is 0.333. The highest BCUT2D eigenvalue weighted by Gasteiger charge is 2.39. The quantitative estimate of drug-likeness (QED) is 0.859. The van der Waals surface area contributed by atoms with Crippen molar-refractivity contribution in [3.63, 3.8) is 0 Å². The second-order valence-corrected chi connectivity index (χ2v) is 9.44. The molecule has 0 saturated heterocycles. The molecule has 140 valence electrons. The minimum atomic E-state index is -3.69. The second kappa shape index (κ2) is 6.06. The van der Waals surface area contributed by atoms with Crippen LogP contribution in [-0.2, 0) is 24.1 Å². The molecule has 3 unspecified atom stereocenters. The molecule has 1 heterocycles. The lowest BCUT2D eigenvalue weighted by Gasteiger charge is -2.21. The lowest BCUT2D eigenvalue weighted by atomic mass is 9.89. The first kappa shape index (κ1) is 17.5. The summed E-state index contributed by atoms with van der Waals surface area (Å²) < 4.78 is 30.4. The average molecular weight is 377 g/mol. The molecule has 7 nitrogen and oxygen atoms in total. The fourth-order valence-corrected chi connectivity index (χ4v) is 5.79. The number of nitrogens with zero attached hydrogens (tertiary/aromatic N) is 2. The van der Waals surface area contributed by atoms with Gasteiger partial charge in [-0.1, -0.05) is 6.42 Å². The molecule has 0 spiro atoms. The Kier molecular flexibility index (Phi) is 4.07. The molecule has 1 N–H and O–H groups in total. The van der Waals surface area contributed by atoms with Crippen LogP contribution in [0.4, 0.5) is 0 Å².